The molecule has 0 spiro atoms. The minimum absolute atomic E-state index is 0.0759. The molecule has 2 aliphatic heterocycles. The Morgan fingerprint density at radius 2 is 1.79 bits per heavy atom. The van der Waals surface area contributed by atoms with E-state index in [-0.39, 0.29) is 29.9 Å². The Morgan fingerprint density at radius 1 is 1.03 bits per heavy atom. The number of fused-ring (bicyclic) bond motifs is 1. The van der Waals surface area contributed by atoms with Gasteiger partial charge < -0.3 is 9.47 Å². The van der Waals surface area contributed by atoms with Gasteiger partial charge in [0.1, 0.15) is 5.70 Å². The molecule has 0 fully saturated rings. The third-order valence-electron chi connectivity index (χ3n) is 5.04. The van der Waals surface area contributed by atoms with E-state index < -0.39 is 0 Å². The maximum Gasteiger partial charge on any atom is 0.283 e. The van der Waals surface area contributed by atoms with Gasteiger partial charge in [-0.3, -0.25) is 14.5 Å². The number of hydrogen-bond acceptors (Lipinski definition) is 6. The van der Waals surface area contributed by atoms with E-state index in [1.54, 1.807) is 42.5 Å². The number of amides is 1. The van der Waals surface area contributed by atoms with Crippen molar-refractivity contribution in [3.8, 4) is 11.5 Å². The molecule has 0 radical (unpaired) electrons. The van der Waals surface area contributed by atoms with Crippen LogP contribution in [0.15, 0.2) is 83.5 Å². The molecule has 0 N–H and O–H groups in total. The third kappa shape index (κ3) is 4.51. The lowest BCUT2D eigenvalue weighted by Crippen LogP contribution is -2.30. The lowest BCUT2D eigenvalue weighted by molar-refractivity contribution is -0.113. The SMILES string of the molecule is O=C(CSC1=NC(=Cc2ccc3c(c2)OCO3)C(=O)N1c1ccccc1)c1ccc(Cl)cc1. The summed E-state index contributed by atoms with van der Waals surface area (Å²) in [4.78, 5) is 32.0. The van der Waals surface area contributed by atoms with E-state index in [9.17, 15) is 9.59 Å². The molecule has 5 rings (SSSR count). The predicted molar refractivity (Wildman–Crippen MR) is 130 cm³/mol. The summed E-state index contributed by atoms with van der Waals surface area (Å²) >= 11 is 7.13. The highest BCUT2D eigenvalue weighted by Gasteiger charge is 2.32. The quantitative estimate of drug-likeness (QED) is 0.363. The van der Waals surface area contributed by atoms with Crippen LogP contribution in [0.5, 0.6) is 11.5 Å². The molecule has 0 bridgehead atoms. The Bertz CT molecular complexity index is 1290. The third-order valence-corrected chi connectivity index (χ3v) is 6.23. The summed E-state index contributed by atoms with van der Waals surface area (Å²) in [5.41, 5.74) is 2.28. The van der Waals surface area contributed by atoms with Gasteiger partial charge in [-0.05, 0) is 60.2 Å². The lowest BCUT2D eigenvalue weighted by Gasteiger charge is -2.17. The van der Waals surface area contributed by atoms with E-state index in [1.807, 2.05) is 36.4 Å². The maximum atomic E-state index is 13.3. The van der Waals surface area contributed by atoms with Gasteiger partial charge in [0.2, 0.25) is 6.79 Å². The molecule has 2 aliphatic rings. The van der Waals surface area contributed by atoms with Crippen molar-refractivity contribution in [1.82, 2.24) is 0 Å². The number of para-hydroxylation sites is 1. The molecule has 3 aromatic carbocycles. The highest BCUT2D eigenvalue weighted by atomic mass is 35.5. The smallest absolute Gasteiger partial charge is 0.283 e. The molecule has 0 atom stereocenters. The molecule has 1 amide bonds. The number of amidine groups is 1. The number of thioether (sulfide) groups is 1. The zero-order valence-corrected chi connectivity index (χ0v) is 18.8. The van der Waals surface area contributed by atoms with Gasteiger partial charge in [0, 0.05) is 10.6 Å². The van der Waals surface area contributed by atoms with Crippen LogP contribution in [0.1, 0.15) is 15.9 Å². The maximum absolute atomic E-state index is 13.3. The zero-order valence-electron chi connectivity index (χ0n) is 17.2. The second kappa shape index (κ2) is 9.13. The van der Waals surface area contributed by atoms with Gasteiger partial charge in [-0.2, -0.15) is 0 Å². The molecule has 0 saturated heterocycles. The Labute approximate surface area is 199 Å². The van der Waals surface area contributed by atoms with Crippen molar-refractivity contribution in [1.29, 1.82) is 0 Å². The molecule has 3 aromatic rings. The van der Waals surface area contributed by atoms with Crippen LogP contribution >= 0.6 is 23.4 Å². The number of anilines is 1. The van der Waals surface area contributed by atoms with Gasteiger partial charge in [-0.1, -0.05) is 47.6 Å². The standard InChI is InChI=1S/C25H17ClN2O4S/c26-18-9-7-17(8-10-18)21(29)14-33-25-27-20(24(30)28(25)19-4-2-1-3-5-19)12-16-6-11-22-23(13-16)32-15-31-22/h1-13H,14-15H2. The van der Waals surface area contributed by atoms with Gasteiger partial charge in [0.15, 0.2) is 22.4 Å². The Kier molecular flexibility index (Phi) is 5.90. The molecule has 0 unspecified atom stereocenters. The van der Waals surface area contributed by atoms with Crippen LogP contribution in [0.3, 0.4) is 0 Å². The van der Waals surface area contributed by atoms with Gasteiger partial charge in [0.05, 0.1) is 11.4 Å². The number of rotatable bonds is 5. The summed E-state index contributed by atoms with van der Waals surface area (Å²) in [7, 11) is 0. The largest absolute Gasteiger partial charge is 0.454 e. The van der Waals surface area contributed by atoms with Gasteiger partial charge in [-0.25, -0.2) is 4.99 Å². The first kappa shape index (κ1) is 21.3. The van der Waals surface area contributed by atoms with Crippen molar-refractivity contribution in [2.24, 2.45) is 4.99 Å². The number of ketones is 1. The molecule has 2 heterocycles. The number of Topliss-reactive ketones (excluding diaryl/α,β-unsaturated/α-hetero) is 1. The lowest BCUT2D eigenvalue weighted by atomic mass is 10.1. The molecular weight excluding hydrogens is 460 g/mol. The molecule has 164 valence electrons. The van der Waals surface area contributed by atoms with Crippen molar-refractivity contribution >= 4 is 52.0 Å². The van der Waals surface area contributed by atoms with E-state index in [2.05, 4.69) is 4.99 Å². The molecule has 6 nitrogen and oxygen atoms in total. The van der Waals surface area contributed by atoms with Crippen molar-refractivity contribution < 1.29 is 19.1 Å². The molecule has 0 aliphatic carbocycles. The molecule has 33 heavy (non-hydrogen) atoms. The van der Waals surface area contributed by atoms with Gasteiger partial charge in [-0.15, -0.1) is 0 Å². The second-order valence-electron chi connectivity index (χ2n) is 7.23. The van der Waals surface area contributed by atoms with E-state index in [1.165, 1.54) is 16.7 Å². The van der Waals surface area contributed by atoms with Crippen molar-refractivity contribution in [2.45, 2.75) is 0 Å². The van der Waals surface area contributed by atoms with Crippen LogP contribution in [0.25, 0.3) is 6.08 Å². The monoisotopic (exact) mass is 476 g/mol. The average Bonchev–Trinajstić information content (AvgIpc) is 3.42. The highest BCUT2D eigenvalue weighted by Crippen LogP contribution is 2.34. The van der Waals surface area contributed by atoms with Gasteiger partial charge in [0.25, 0.3) is 5.91 Å². The number of nitrogens with zero attached hydrogens (tertiary/aromatic N) is 2. The summed E-state index contributed by atoms with van der Waals surface area (Å²) in [6, 6.07) is 21.4. The van der Waals surface area contributed by atoms with Crippen molar-refractivity contribution in [3.63, 3.8) is 0 Å². The Balaban J connectivity index is 1.42. The summed E-state index contributed by atoms with van der Waals surface area (Å²) in [6.07, 6.45) is 1.70. The second-order valence-corrected chi connectivity index (χ2v) is 8.61. The predicted octanol–water partition coefficient (Wildman–Crippen LogP) is 5.43. The number of carbonyl (C=O) groups is 2. The topological polar surface area (TPSA) is 68.2 Å². The number of carbonyl (C=O) groups excluding carboxylic acids is 2. The van der Waals surface area contributed by atoms with Crippen LogP contribution in [0, 0.1) is 0 Å². The van der Waals surface area contributed by atoms with Crippen LogP contribution < -0.4 is 14.4 Å². The van der Waals surface area contributed by atoms with E-state index in [0.29, 0.717) is 32.9 Å². The molecule has 0 saturated carbocycles. The van der Waals surface area contributed by atoms with Crippen LogP contribution in [-0.2, 0) is 4.79 Å². The number of hydrogen-bond donors (Lipinski definition) is 0. The minimum atomic E-state index is -0.264. The number of aliphatic imine (C=N–C) groups is 1. The average molecular weight is 477 g/mol. The van der Waals surface area contributed by atoms with E-state index in [0.717, 1.165) is 5.56 Å². The normalized spacial score (nSPS) is 15.8. The first-order valence-corrected chi connectivity index (χ1v) is 11.5. The molecule has 0 aromatic heterocycles. The number of benzene rings is 3. The Morgan fingerprint density at radius 3 is 2.58 bits per heavy atom. The molecule has 8 heteroatoms. The summed E-state index contributed by atoms with van der Waals surface area (Å²) in [6.45, 7) is 0.177. The van der Waals surface area contributed by atoms with E-state index >= 15 is 0 Å². The zero-order chi connectivity index (χ0) is 22.8. The minimum Gasteiger partial charge on any atom is -0.454 e. The summed E-state index contributed by atoms with van der Waals surface area (Å²) < 4.78 is 10.8. The number of ether oxygens (including phenoxy) is 2. The molecular formula is C25H17ClN2O4S. The van der Waals surface area contributed by atoms with Crippen molar-refractivity contribution in [2.75, 3.05) is 17.4 Å². The van der Waals surface area contributed by atoms with Crippen LogP contribution in [-0.4, -0.2) is 29.4 Å². The number of halogens is 1. The van der Waals surface area contributed by atoms with Crippen molar-refractivity contribution in [3.05, 3.63) is 94.6 Å². The van der Waals surface area contributed by atoms with Gasteiger partial charge >= 0.3 is 0 Å². The first-order chi connectivity index (χ1) is 16.1. The Hall–Kier alpha value is -3.55. The fourth-order valence-electron chi connectivity index (χ4n) is 3.41. The highest BCUT2D eigenvalue weighted by molar-refractivity contribution is 8.14. The first-order valence-electron chi connectivity index (χ1n) is 10.1. The fourth-order valence-corrected chi connectivity index (χ4v) is 4.44. The van der Waals surface area contributed by atoms with Crippen LogP contribution in [0.2, 0.25) is 5.02 Å². The summed E-state index contributed by atoms with van der Waals surface area (Å²) in [5.74, 6) is 1.09. The summed E-state index contributed by atoms with van der Waals surface area (Å²) in [5, 5.41) is 1.01. The van der Waals surface area contributed by atoms with Crippen LogP contribution in [0.4, 0.5) is 5.69 Å². The van der Waals surface area contributed by atoms with E-state index in [4.69, 9.17) is 21.1 Å². The fraction of sp³-hybridized carbons (Fsp3) is 0.0800.